The summed E-state index contributed by atoms with van der Waals surface area (Å²) in [5, 5.41) is 9.14. The highest BCUT2D eigenvalue weighted by atomic mass is 35.5. The Bertz CT molecular complexity index is 711. The molecule has 0 atom stereocenters. The number of carbonyl (C=O) groups is 1. The number of nitrogens with two attached hydrogens (primary N) is 1. The Morgan fingerprint density at radius 3 is 2.83 bits per heavy atom. The first kappa shape index (κ1) is 16.8. The Balaban J connectivity index is 2.46. The van der Waals surface area contributed by atoms with Crippen LogP contribution in [0.4, 0.5) is 0 Å². The van der Waals surface area contributed by atoms with Gasteiger partial charge >= 0.3 is 0 Å². The van der Waals surface area contributed by atoms with Gasteiger partial charge in [-0.05, 0) is 12.1 Å². The molecule has 0 unspecified atom stereocenters. The van der Waals surface area contributed by atoms with E-state index in [-0.39, 0.29) is 41.3 Å². The van der Waals surface area contributed by atoms with E-state index < -0.39 is 5.91 Å². The van der Waals surface area contributed by atoms with E-state index in [9.17, 15) is 4.79 Å². The molecule has 8 nitrogen and oxygen atoms in total. The van der Waals surface area contributed by atoms with E-state index in [1.165, 1.54) is 13.2 Å². The highest BCUT2D eigenvalue weighted by Crippen LogP contribution is 2.37. The second-order valence-electron chi connectivity index (χ2n) is 4.19. The van der Waals surface area contributed by atoms with Crippen LogP contribution >= 0.6 is 11.6 Å². The summed E-state index contributed by atoms with van der Waals surface area (Å²) in [6.45, 7) is -0.285. The van der Waals surface area contributed by atoms with Crippen molar-refractivity contribution < 1.29 is 24.1 Å². The van der Waals surface area contributed by atoms with Crippen LogP contribution in [0, 0.1) is 0 Å². The third-order valence-electron chi connectivity index (χ3n) is 2.68. The molecular formula is C14H14ClN3O5. The number of amides is 1. The van der Waals surface area contributed by atoms with E-state index in [1.807, 2.05) is 0 Å². The van der Waals surface area contributed by atoms with Crippen molar-refractivity contribution >= 4 is 17.5 Å². The van der Waals surface area contributed by atoms with Gasteiger partial charge in [-0.3, -0.25) is 4.79 Å². The standard InChI is InChI=1S/C14H14ClN3O5/c1-21-8-2-3-9(15)10(6-8)23-12-11(13(16)20)17-7-18-14(12)22-5-4-19/h2-3,6-7,19H,4-5H2,1H3,(H2,16,20). The van der Waals surface area contributed by atoms with Gasteiger partial charge in [0.05, 0.1) is 18.7 Å². The molecule has 2 rings (SSSR count). The first-order valence-corrected chi connectivity index (χ1v) is 6.84. The normalized spacial score (nSPS) is 10.2. The summed E-state index contributed by atoms with van der Waals surface area (Å²) in [5.74, 6) is -0.252. The summed E-state index contributed by atoms with van der Waals surface area (Å²) in [6.07, 6.45) is 1.10. The Morgan fingerprint density at radius 2 is 2.17 bits per heavy atom. The Kier molecular flexibility index (Phi) is 5.56. The predicted octanol–water partition coefficient (Wildman–Crippen LogP) is 1.40. The second kappa shape index (κ2) is 7.61. The topological polar surface area (TPSA) is 117 Å². The van der Waals surface area contributed by atoms with Gasteiger partial charge in [0.25, 0.3) is 11.8 Å². The maximum Gasteiger partial charge on any atom is 0.271 e. The number of primary amides is 1. The van der Waals surface area contributed by atoms with Gasteiger partial charge in [0.1, 0.15) is 24.4 Å². The molecule has 9 heteroatoms. The van der Waals surface area contributed by atoms with Crippen molar-refractivity contribution in [2.75, 3.05) is 20.3 Å². The predicted molar refractivity (Wildman–Crippen MR) is 81.2 cm³/mol. The van der Waals surface area contributed by atoms with Crippen LogP contribution in [0.5, 0.6) is 23.1 Å². The molecular weight excluding hydrogens is 326 g/mol. The molecule has 1 amide bonds. The summed E-state index contributed by atoms with van der Waals surface area (Å²) < 4.78 is 16.0. The van der Waals surface area contributed by atoms with Crippen LogP contribution < -0.4 is 19.9 Å². The summed E-state index contributed by atoms with van der Waals surface area (Å²) in [5.41, 5.74) is 5.11. The fourth-order valence-corrected chi connectivity index (χ4v) is 1.83. The summed E-state index contributed by atoms with van der Waals surface area (Å²) >= 11 is 6.07. The lowest BCUT2D eigenvalue weighted by atomic mass is 10.3. The smallest absolute Gasteiger partial charge is 0.271 e. The molecule has 0 bridgehead atoms. The quantitative estimate of drug-likeness (QED) is 0.783. The minimum atomic E-state index is -0.824. The van der Waals surface area contributed by atoms with Crippen molar-refractivity contribution in [1.82, 2.24) is 9.97 Å². The third kappa shape index (κ3) is 3.99. The molecule has 0 aliphatic rings. The number of rotatable bonds is 7. The monoisotopic (exact) mass is 339 g/mol. The van der Waals surface area contributed by atoms with Gasteiger partial charge in [0.2, 0.25) is 5.75 Å². The second-order valence-corrected chi connectivity index (χ2v) is 4.60. The van der Waals surface area contributed by atoms with Crippen LogP contribution in [0.2, 0.25) is 5.02 Å². The number of nitrogens with zero attached hydrogens (tertiary/aromatic N) is 2. The summed E-state index contributed by atoms with van der Waals surface area (Å²) in [7, 11) is 1.49. The maximum absolute atomic E-state index is 11.5. The minimum Gasteiger partial charge on any atom is -0.497 e. The molecule has 1 aromatic heterocycles. The molecule has 0 fully saturated rings. The Morgan fingerprint density at radius 1 is 1.39 bits per heavy atom. The number of aliphatic hydroxyl groups is 1. The van der Waals surface area contributed by atoms with E-state index in [4.69, 9.17) is 36.7 Å². The minimum absolute atomic E-state index is 0.0401. The lowest BCUT2D eigenvalue weighted by Crippen LogP contribution is -2.16. The number of aromatic nitrogens is 2. The van der Waals surface area contributed by atoms with E-state index in [0.717, 1.165) is 6.33 Å². The van der Waals surface area contributed by atoms with Crippen LogP contribution in [0.25, 0.3) is 0 Å². The number of benzene rings is 1. The molecule has 3 N–H and O–H groups in total. The van der Waals surface area contributed by atoms with Crippen molar-refractivity contribution in [3.63, 3.8) is 0 Å². The van der Waals surface area contributed by atoms with Gasteiger partial charge in [0.15, 0.2) is 5.69 Å². The molecule has 2 aromatic rings. The average molecular weight is 340 g/mol. The molecule has 0 radical (unpaired) electrons. The van der Waals surface area contributed by atoms with E-state index in [1.54, 1.807) is 12.1 Å². The number of methoxy groups -OCH3 is 1. The highest BCUT2D eigenvalue weighted by Gasteiger charge is 2.20. The zero-order chi connectivity index (χ0) is 16.8. The molecule has 0 saturated heterocycles. The zero-order valence-corrected chi connectivity index (χ0v) is 12.9. The Labute approximate surface area is 136 Å². The lowest BCUT2D eigenvalue weighted by Gasteiger charge is -2.14. The molecule has 1 aromatic carbocycles. The average Bonchev–Trinajstić information content (AvgIpc) is 2.55. The van der Waals surface area contributed by atoms with Crippen molar-refractivity contribution in [2.45, 2.75) is 0 Å². The molecule has 0 aliphatic carbocycles. The molecule has 0 spiro atoms. The number of hydrogen-bond acceptors (Lipinski definition) is 7. The lowest BCUT2D eigenvalue weighted by molar-refractivity contribution is 0.0991. The number of ether oxygens (including phenoxy) is 3. The van der Waals surface area contributed by atoms with E-state index in [2.05, 4.69) is 9.97 Å². The molecule has 0 aliphatic heterocycles. The first-order valence-electron chi connectivity index (χ1n) is 6.46. The number of aliphatic hydroxyl groups excluding tert-OH is 1. The van der Waals surface area contributed by atoms with Crippen LogP contribution in [0.3, 0.4) is 0 Å². The number of halogens is 1. The molecule has 1 heterocycles. The fourth-order valence-electron chi connectivity index (χ4n) is 1.67. The third-order valence-corrected chi connectivity index (χ3v) is 3.00. The van der Waals surface area contributed by atoms with Gasteiger partial charge in [-0.15, -0.1) is 0 Å². The molecule has 0 saturated carbocycles. The van der Waals surface area contributed by atoms with E-state index in [0.29, 0.717) is 5.75 Å². The number of hydrogen-bond donors (Lipinski definition) is 2. The summed E-state index contributed by atoms with van der Waals surface area (Å²) in [4.78, 5) is 19.2. The summed E-state index contributed by atoms with van der Waals surface area (Å²) in [6, 6.07) is 4.74. The van der Waals surface area contributed by atoms with E-state index >= 15 is 0 Å². The van der Waals surface area contributed by atoms with Crippen molar-refractivity contribution in [1.29, 1.82) is 0 Å². The van der Waals surface area contributed by atoms with Crippen molar-refractivity contribution in [2.24, 2.45) is 5.73 Å². The van der Waals surface area contributed by atoms with Gasteiger partial charge in [0, 0.05) is 6.07 Å². The van der Waals surface area contributed by atoms with Crippen molar-refractivity contribution in [3.05, 3.63) is 35.2 Å². The van der Waals surface area contributed by atoms with Gasteiger partial charge in [-0.2, -0.15) is 4.98 Å². The van der Waals surface area contributed by atoms with Crippen LogP contribution in [-0.2, 0) is 0 Å². The molecule has 122 valence electrons. The first-order chi connectivity index (χ1) is 11.1. The Hall–Kier alpha value is -2.58. The fraction of sp³-hybridized carbons (Fsp3) is 0.214. The SMILES string of the molecule is COc1ccc(Cl)c(Oc2c(OCCO)ncnc2C(N)=O)c1. The van der Waals surface area contributed by atoms with Gasteiger partial charge in [-0.25, -0.2) is 4.98 Å². The van der Waals surface area contributed by atoms with Gasteiger partial charge in [-0.1, -0.05) is 11.6 Å². The van der Waals surface area contributed by atoms with Gasteiger partial charge < -0.3 is 25.1 Å². The van der Waals surface area contributed by atoms with Crippen LogP contribution in [0.1, 0.15) is 10.5 Å². The van der Waals surface area contributed by atoms with Crippen LogP contribution in [-0.4, -0.2) is 41.3 Å². The zero-order valence-electron chi connectivity index (χ0n) is 12.2. The van der Waals surface area contributed by atoms with Crippen LogP contribution in [0.15, 0.2) is 24.5 Å². The maximum atomic E-state index is 11.5. The largest absolute Gasteiger partial charge is 0.497 e. The molecule has 23 heavy (non-hydrogen) atoms. The highest BCUT2D eigenvalue weighted by molar-refractivity contribution is 6.32. The number of carbonyl (C=O) groups excluding carboxylic acids is 1. The van der Waals surface area contributed by atoms with Crippen molar-refractivity contribution in [3.8, 4) is 23.1 Å².